The molecule has 0 radical (unpaired) electrons. The van der Waals surface area contributed by atoms with Gasteiger partial charge in [0.2, 0.25) is 0 Å². The van der Waals surface area contributed by atoms with Gasteiger partial charge in [0.25, 0.3) is 5.56 Å². The lowest BCUT2D eigenvalue weighted by atomic mass is 9.96. The van der Waals surface area contributed by atoms with E-state index >= 15 is 0 Å². The van der Waals surface area contributed by atoms with Gasteiger partial charge < -0.3 is 4.98 Å². The zero-order chi connectivity index (χ0) is 25.0. The summed E-state index contributed by atoms with van der Waals surface area (Å²) in [7, 11) is 2.96. The van der Waals surface area contributed by atoms with Gasteiger partial charge in [-0.05, 0) is 33.3 Å². The molecule has 0 amide bonds. The molecule has 0 aliphatic rings. The second-order valence-electron chi connectivity index (χ2n) is 9.31. The zero-order valence-electron chi connectivity index (χ0n) is 20.4. The molecule has 0 aliphatic carbocycles. The Balaban J connectivity index is 2.19. The molecule has 176 valence electrons. The van der Waals surface area contributed by atoms with Crippen LogP contribution in [-0.2, 0) is 19.5 Å². The van der Waals surface area contributed by atoms with E-state index in [0.717, 1.165) is 16.3 Å². The molecule has 0 fully saturated rings. The minimum atomic E-state index is -0.616. The number of fused-ring (bicyclic) bond motifs is 1. The van der Waals surface area contributed by atoms with E-state index in [1.807, 2.05) is 20.8 Å². The molecule has 3 heterocycles. The van der Waals surface area contributed by atoms with Gasteiger partial charge in [0.05, 0.1) is 10.9 Å². The molecule has 0 saturated heterocycles. The largest absolute Gasteiger partial charge is 0.355 e. The Bertz CT molecular complexity index is 1420. The van der Waals surface area contributed by atoms with Gasteiger partial charge in [-0.2, -0.15) is 0 Å². The zero-order valence-corrected chi connectivity index (χ0v) is 21.2. The van der Waals surface area contributed by atoms with Crippen molar-refractivity contribution in [2.24, 2.45) is 14.1 Å². The fourth-order valence-electron chi connectivity index (χ4n) is 3.80. The van der Waals surface area contributed by atoms with Crippen LogP contribution >= 0.6 is 11.8 Å². The monoisotopic (exact) mass is 471 g/mol. The molecule has 1 atom stereocenters. The Morgan fingerprint density at radius 1 is 1.06 bits per heavy atom. The highest BCUT2D eigenvalue weighted by Gasteiger charge is 2.28. The van der Waals surface area contributed by atoms with Crippen LogP contribution in [0.1, 0.15) is 72.5 Å². The molecule has 10 heteroatoms. The molecule has 3 aromatic heterocycles. The Morgan fingerprint density at radius 3 is 2.18 bits per heavy atom. The second-order valence-corrected chi connectivity index (χ2v) is 10.6. The van der Waals surface area contributed by atoms with Crippen molar-refractivity contribution in [2.75, 3.05) is 0 Å². The first-order valence-electron chi connectivity index (χ1n) is 10.6. The summed E-state index contributed by atoms with van der Waals surface area (Å²) in [5.74, 6) is 0.145. The van der Waals surface area contributed by atoms with Crippen LogP contribution in [-0.4, -0.2) is 40.9 Å². The number of carbonyl (C=O) groups excluding carboxylic acids is 2. The highest BCUT2D eigenvalue weighted by Crippen LogP contribution is 2.31. The SMILES string of the molecule is CC(=O)c1c(C)[nH]c(C(=O)[C@H](C)Sc2nc(C(C)(C)C)nc3c2c(=O)n(C)c(=O)n3C)c1C. The number of carbonyl (C=O) groups is 2. The summed E-state index contributed by atoms with van der Waals surface area (Å²) in [4.78, 5) is 63.0. The minimum Gasteiger partial charge on any atom is -0.355 e. The van der Waals surface area contributed by atoms with Gasteiger partial charge in [-0.3, -0.25) is 23.5 Å². The van der Waals surface area contributed by atoms with Gasteiger partial charge in [-0.25, -0.2) is 14.8 Å². The standard InChI is InChI=1S/C23H29N5O4S/c1-10-14(12(3)29)11(2)24-16(10)17(30)13(4)33-19-15-18(25-21(26-19)23(5,6)7)27(8)22(32)28(9)20(15)31/h13,24H,1-9H3/t13-/m0/s1. The first-order valence-corrected chi connectivity index (χ1v) is 11.4. The number of ketones is 2. The summed E-state index contributed by atoms with van der Waals surface area (Å²) in [6, 6.07) is 0. The van der Waals surface area contributed by atoms with Gasteiger partial charge in [0.1, 0.15) is 16.2 Å². The molecule has 0 spiro atoms. The van der Waals surface area contributed by atoms with Gasteiger partial charge in [0.15, 0.2) is 17.2 Å². The number of aromatic amines is 1. The minimum absolute atomic E-state index is 0.110. The molecule has 0 bridgehead atoms. The van der Waals surface area contributed by atoms with E-state index in [-0.39, 0.29) is 22.6 Å². The summed E-state index contributed by atoms with van der Waals surface area (Å²) in [5, 5.41) is -0.0785. The van der Waals surface area contributed by atoms with Crippen molar-refractivity contribution in [3.05, 3.63) is 49.2 Å². The number of nitrogens with one attached hydrogen (secondary N) is 1. The predicted octanol–water partition coefficient (Wildman–Crippen LogP) is 2.84. The summed E-state index contributed by atoms with van der Waals surface area (Å²) in [6.07, 6.45) is 0. The van der Waals surface area contributed by atoms with Crippen LogP contribution in [0.15, 0.2) is 14.6 Å². The molecular formula is C23H29N5O4S. The fraction of sp³-hybridized carbons (Fsp3) is 0.478. The van der Waals surface area contributed by atoms with Crippen LogP contribution < -0.4 is 11.2 Å². The first-order chi connectivity index (χ1) is 15.2. The van der Waals surface area contributed by atoms with E-state index in [1.54, 1.807) is 27.8 Å². The number of hydrogen-bond donors (Lipinski definition) is 1. The summed E-state index contributed by atoms with van der Waals surface area (Å²) in [6.45, 7) is 12.5. The van der Waals surface area contributed by atoms with Gasteiger partial charge in [-0.15, -0.1) is 0 Å². The Morgan fingerprint density at radius 2 is 1.67 bits per heavy atom. The third kappa shape index (κ3) is 4.19. The quantitative estimate of drug-likeness (QED) is 0.345. The number of aromatic nitrogens is 5. The van der Waals surface area contributed by atoms with Crippen LogP contribution in [0.2, 0.25) is 0 Å². The van der Waals surface area contributed by atoms with Crippen molar-refractivity contribution in [3.8, 4) is 0 Å². The molecule has 0 saturated carbocycles. The van der Waals surface area contributed by atoms with Gasteiger partial charge in [0, 0.05) is 30.8 Å². The van der Waals surface area contributed by atoms with Gasteiger partial charge in [-0.1, -0.05) is 32.5 Å². The third-order valence-corrected chi connectivity index (χ3v) is 6.72. The van der Waals surface area contributed by atoms with Crippen LogP contribution in [0, 0.1) is 13.8 Å². The van der Waals surface area contributed by atoms with E-state index in [4.69, 9.17) is 0 Å². The van der Waals surface area contributed by atoms with Gasteiger partial charge >= 0.3 is 5.69 Å². The topological polar surface area (TPSA) is 120 Å². The maximum absolute atomic E-state index is 13.3. The molecule has 0 aromatic carbocycles. The molecule has 3 rings (SSSR count). The molecule has 33 heavy (non-hydrogen) atoms. The Hall–Kier alpha value is -3.01. The second kappa shape index (κ2) is 8.40. The van der Waals surface area contributed by atoms with E-state index in [0.29, 0.717) is 33.4 Å². The Labute approximate surface area is 195 Å². The number of rotatable bonds is 5. The first kappa shape index (κ1) is 24.6. The van der Waals surface area contributed by atoms with Crippen molar-refractivity contribution in [2.45, 2.75) is 64.2 Å². The number of Topliss-reactive ketones (excluding diaryl/α,β-unsaturated/α-hetero) is 2. The summed E-state index contributed by atoms with van der Waals surface area (Å²) >= 11 is 1.14. The fourth-order valence-corrected chi connectivity index (χ4v) is 4.79. The number of H-pyrrole nitrogens is 1. The average molecular weight is 472 g/mol. The lowest BCUT2D eigenvalue weighted by Crippen LogP contribution is -2.38. The van der Waals surface area contributed by atoms with Crippen molar-refractivity contribution >= 4 is 34.4 Å². The number of thioether (sulfide) groups is 1. The lowest BCUT2D eigenvalue weighted by Gasteiger charge is -2.20. The number of hydrogen-bond acceptors (Lipinski definition) is 7. The van der Waals surface area contributed by atoms with Crippen LogP contribution in [0.25, 0.3) is 11.0 Å². The average Bonchev–Trinajstić information content (AvgIpc) is 3.02. The van der Waals surface area contributed by atoms with Crippen LogP contribution in [0.3, 0.4) is 0 Å². The van der Waals surface area contributed by atoms with E-state index in [2.05, 4.69) is 15.0 Å². The molecule has 3 aromatic rings. The van der Waals surface area contributed by atoms with Crippen LogP contribution in [0.5, 0.6) is 0 Å². The van der Waals surface area contributed by atoms with Crippen molar-refractivity contribution in [1.82, 2.24) is 24.1 Å². The van der Waals surface area contributed by atoms with Crippen LogP contribution in [0.4, 0.5) is 0 Å². The molecule has 0 aliphatic heterocycles. The van der Waals surface area contributed by atoms with E-state index < -0.39 is 21.9 Å². The van der Waals surface area contributed by atoms with Crippen molar-refractivity contribution in [3.63, 3.8) is 0 Å². The summed E-state index contributed by atoms with van der Waals surface area (Å²) in [5.41, 5.74) is 0.926. The third-order valence-electron chi connectivity index (χ3n) is 5.63. The van der Waals surface area contributed by atoms with Crippen molar-refractivity contribution in [1.29, 1.82) is 0 Å². The normalized spacial score (nSPS) is 12.9. The highest BCUT2D eigenvalue weighted by atomic mass is 32.2. The lowest BCUT2D eigenvalue weighted by molar-refractivity contribution is 0.0988. The van der Waals surface area contributed by atoms with E-state index in [9.17, 15) is 19.2 Å². The molecule has 9 nitrogen and oxygen atoms in total. The number of aryl methyl sites for hydroxylation is 2. The number of nitrogens with zero attached hydrogens (tertiary/aromatic N) is 4. The van der Waals surface area contributed by atoms with E-state index in [1.165, 1.54) is 18.5 Å². The predicted molar refractivity (Wildman–Crippen MR) is 129 cm³/mol. The molecule has 0 unspecified atom stereocenters. The highest BCUT2D eigenvalue weighted by molar-refractivity contribution is 8.00. The molecular weight excluding hydrogens is 442 g/mol. The maximum atomic E-state index is 13.3. The Kier molecular flexibility index (Phi) is 6.27. The summed E-state index contributed by atoms with van der Waals surface area (Å²) < 4.78 is 2.33. The molecule has 1 N–H and O–H groups in total. The van der Waals surface area contributed by atoms with Crippen molar-refractivity contribution < 1.29 is 9.59 Å². The maximum Gasteiger partial charge on any atom is 0.332 e. The smallest absolute Gasteiger partial charge is 0.332 e.